The van der Waals surface area contributed by atoms with Crippen LogP contribution in [0.3, 0.4) is 0 Å². The van der Waals surface area contributed by atoms with E-state index in [2.05, 4.69) is 235 Å². The maximum atomic E-state index is 2.47. The molecule has 0 saturated heterocycles. The van der Waals surface area contributed by atoms with E-state index >= 15 is 0 Å². The third kappa shape index (κ3) is 4.83. The molecule has 10 aromatic carbocycles. The Labute approximate surface area is 355 Å². The first kappa shape index (κ1) is 34.2. The molecule has 0 N–H and O–H groups in total. The lowest BCUT2D eigenvalue weighted by molar-refractivity contribution is 0.769. The van der Waals surface area contributed by atoms with Gasteiger partial charge in [0.25, 0.3) is 0 Å². The van der Waals surface area contributed by atoms with E-state index in [1.165, 1.54) is 105 Å². The van der Waals surface area contributed by atoms with Gasteiger partial charge in [0.2, 0.25) is 0 Å². The van der Waals surface area contributed by atoms with Crippen LogP contribution in [0.15, 0.2) is 231 Å². The fraction of sp³-hybridized carbons (Fsp3) is 0.0333. The molecular weight excluding hydrogens is 735 g/mol. The van der Waals surface area contributed by atoms with Crippen molar-refractivity contribution < 1.29 is 0 Å². The quantitative estimate of drug-likeness (QED) is 0.164. The highest BCUT2D eigenvalue weighted by Gasteiger charge is 2.47. The van der Waals surface area contributed by atoms with Gasteiger partial charge in [0.05, 0.1) is 16.4 Å². The molecule has 11 aromatic rings. The van der Waals surface area contributed by atoms with Crippen LogP contribution in [-0.2, 0) is 5.41 Å². The van der Waals surface area contributed by atoms with Gasteiger partial charge in [-0.15, -0.1) is 0 Å². The summed E-state index contributed by atoms with van der Waals surface area (Å²) in [4.78, 5) is 0. The Morgan fingerprint density at radius 3 is 1.77 bits per heavy atom. The van der Waals surface area contributed by atoms with Crippen molar-refractivity contribution in [2.45, 2.75) is 11.3 Å². The summed E-state index contributed by atoms with van der Waals surface area (Å²) in [6.07, 6.45) is 0. The Morgan fingerprint density at radius 2 is 0.984 bits per heavy atom. The lowest BCUT2D eigenvalue weighted by Gasteiger charge is -2.33. The second-order valence-electron chi connectivity index (χ2n) is 16.7. The molecule has 0 saturated carbocycles. The first-order valence-electron chi connectivity index (χ1n) is 21.4. The zero-order valence-electron chi connectivity index (χ0n) is 33.5. The van der Waals surface area contributed by atoms with Gasteiger partial charge in [-0.1, -0.05) is 194 Å². The van der Waals surface area contributed by atoms with Gasteiger partial charge in [-0.3, -0.25) is 0 Å². The standard InChI is InChI=1S/C60H39N/c1-4-18-44(19-5-1)60(45-20-6-2-7-21-45)53-27-15-14-26-50(53)58-54(60)33-35-56-59(58)52-38-42(31-34-55(52)61(56)46-22-8-3-9-23-46)41-30-32-49-51(37-41)47-24-12-13-25-48(47)57(49)43-29-28-39-16-10-11-17-40(39)36-43/h1-38,57H. The molecule has 1 unspecified atom stereocenters. The second-order valence-corrected chi connectivity index (χ2v) is 16.7. The number of hydrogen-bond donors (Lipinski definition) is 0. The molecule has 0 radical (unpaired) electrons. The molecule has 0 amide bonds. The Morgan fingerprint density at radius 1 is 0.377 bits per heavy atom. The molecular formula is C60H39N. The highest BCUT2D eigenvalue weighted by atomic mass is 15.0. The fourth-order valence-electron chi connectivity index (χ4n) is 11.2. The number of hydrogen-bond acceptors (Lipinski definition) is 0. The van der Waals surface area contributed by atoms with E-state index in [1.807, 2.05) is 0 Å². The van der Waals surface area contributed by atoms with E-state index in [0.717, 1.165) is 5.69 Å². The summed E-state index contributed by atoms with van der Waals surface area (Å²) >= 11 is 0. The molecule has 61 heavy (non-hydrogen) atoms. The molecule has 0 fully saturated rings. The highest BCUT2D eigenvalue weighted by Crippen LogP contribution is 2.59. The number of fused-ring (bicyclic) bond motifs is 11. The fourth-order valence-corrected chi connectivity index (χ4v) is 11.2. The maximum Gasteiger partial charge on any atom is 0.0713 e. The molecule has 1 heterocycles. The molecule has 2 aliphatic carbocycles. The number of para-hydroxylation sites is 1. The topological polar surface area (TPSA) is 4.93 Å². The molecule has 0 aliphatic heterocycles. The minimum atomic E-state index is -0.476. The Balaban J connectivity index is 1.07. The van der Waals surface area contributed by atoms with Gasteiger partial charge >= 0.3 is 0 Å². The Hall–Kier alpha value is -7.74. The summed E-state index contributed by atoms with van der Waals surface area (Å²) in [5.74, 6) is 0.188. The molecule has 1 nitrogen and oxygen atoms in total. The first-order valence-corrected chi connectivity index (χ1v) is 21.4. The van der Waals surface area contributed by atoms with Crippen molar-refractivity contribution in [2.75, 3.05) is 0 Å². The smallest absolute Gasteiger partial charge is 0.0713 e. The number of aromatic nitrogens is 1. The lowest BCUT2D eigenvalue weighted by atomic mass is 9.67. The van der Waals surface area contributed by atoms with Crippen LogP contribution < -0.4 is 0 Å². The monoisotopic (exact) mass is 773 g/mol. The van der Waals surface area contributed by atoms with Crippen LogP contribution in [0.2, 0.25) is 0 Å². The van der Waals surface area contributed by atoms with Gasteiger partial charge in [0.15, 0.2) is 0 Å². The summed E-state index contributed by atoms with van der Waals surface area (Å²) in [6, 6.07) is 86.1. The van der Waals surface area contributed by atoms with Crippen molar-refractivity contribution in [3.05, 3.63) is 269 Å². The lowest BCUT2D eigenvalue weighted by Crippen LogP contribution is -2.28. The largest absolute Gasteiger partial charge is 0.309 e. The second kappa shape index (κ2) is 13.1. The van der Waals surface area contributed by atoms with Gasteiger partial charge in [0.1, 0.15) is 0 Å². The van der Waals surface area contributed by atoms with E-state index in [1.54, 1.807) is 0 Å². The molecule has 1 aromatic heterocycles. The van der Waals surface area contributed by atoms with Crippen LogP contribution in [0.5, 0.6) is 0 Å². The molecule has 2 aliphatic rings. The zero-order valence-corrected chi connectivity index (χ0v) is 33.5. The van der Waals surface area contributed by atoms with Crippen LogP contribution in [-0.4, -0.2) is 4.57 Å². The van der Waals surface area contributed by atoms with Crippen LogP contribution in [0.1, 0.15) is 44.9 Å². The van der Waals surface area contributed by atoms with Gasteiger partial charge < -0.3 is 4.57 Å². The number of benzene rings is 10. The summed E-state index contributed by atoms with van der Waals surface area (Å²) in [6.45, 7) is 0. The van der Waals surface area contributed by atoms with E-state index in [4.69, 9.17) is 0 Å². The van der Waals surface area contributed by atoms with Crippen molar-refractivity contribution in [1.29, 1.82) is 0 Å². The first-order chi connectivity index (χ1) is 30.3. The summed E-state index contributed by atoms with van der Waals surface area (Å²) in [7, 11) is 0. The van der Waals surface area contributed by atoms with Gasteiger partial charge in [0, 0.05) is 22.4 Å². The van der Waals surface area contributed by atoms with E-state index in [9.17, 15) is 0 Å². The summed E-state index contributed by atoms with van der Waals surface area (Å²) < 4.78 is 2.47. The molecule has 13 rings (SSSR count). The van der Waals surface area contributed by atoms with Crippen molar-refractivity contribution >= 4 is 32.6 Å². The molecule has 0 spiro atoms. The number of rotatable bonds is 5. The zero-order chi connectivity index (χ0) is 40.1. The third-order valence-electron chi connectivity index (χ3n) is 13.7. The average molecular weight is 774 g/mol. The molecule has 284 valence electrons. The van der Waals surface area contributed by atoms with E-state index < -0.39 is 5.41 Å². The molecule has 1 heteroatoms. The third-order valence-corrected chi connectivity index (χ3v) is 13.7. The van der Waals surface area contributed by atoms with Crippen molar-refractivity contribution in [3.63, 3.8) is 0 Å². The van der Waals surface area contributed by atoms with Crippen molar-refractivity contribution in [3.8, 4) is 39.1 Å². The molecule has 1 atom stereocenters. The minimum Gasteiger partial charge on any atom is -0.309 e. The van der Waals surface area contributed by atoms with Crippen LogP contribution in [0.4, 0.5) is 0 Å². The predicted octanol–water partition coefficient (Wildman–Crippen LogP) is 15.1. The van der Waals surface area contributed by atoms with E-state index in [0.29, 0.717) is 0 Å². The highest BCUT2D eigenvalue weighted by molar-refractivity contribution is 6.19. The van der Waals surface area contributed by atoms with Crippen LogP contribution in [0.25, 0.3) is 71.6 Å². The van der Waals surface area contributed by atoms with Crippen LogP contribution in [0, 0.1) is 0 Å². The van der Waals surface area contributed by atoms with Gasteiger partial charge in [-0.25, -0.2) is 0 Å². The van der Waals surface area contributed by atoms with Crippen molar-refractivity contribution in [2.24, 2.45) is 0 Å². The Bertz CT molecular complexity index is 3480. The Kier molecular flexibility index (Phi) is 7.35. The van der Waals surface area contributed by atoms with E-state index in [-0.39, 0.29) is 5.92 Å². The average Bonchev–Trinajstić information content (AvgIpc) is 3.96. The summed E-state index contributed by atoms with van der Waals surface area (Å²) in [5.41, 5.74) is 20.1. The van der Waals surface area contributed by atoms with Gasteiger partial charge in [-0.2, -0.15) is 0 Å². The maximum absolute atomic E-state index is 2.47. The predicted molar refractivity (Wildman–Crippen MR) is 254 cm³/mol. The van der Waals surface area contributed by atoms with Crippen molar-refractivity contribution in [1.82, 2.24) is 4.57 Å². The molecule has 0 bridgehead atoms. The number of nitrogens with zero attached hydrogens (tertiary/aromatic N) is 1. The SMILES string of the molecule is c1ccc(-n2c3ccc(-c4ccc5c(c4)-c4ccccc4C5c4ccc5ccccc5c4)cc3c3c4c(ccc32)C(c2ccccc2)(c2ccccc2)c2ccccc2-4)cc1. The summed E-state index contributed by atoms with van der Waals surface area (Å²) in [5, 5.41) is 5.11. The minimum absolute atomic E-state index is 0.188. The van der Waals surface area contributed by atoms with Gasteiger partial charge in [-0.05, 0) is 119 Å². The normalized spacial score (nSPS) is 14.5. The van der Waals surface area contributed by atoms with Crippen LogP contribution >= 0.6 is 0 Å².